The van der Waals surface area contributed by atoms with Crippen LogP contribution >= 0.6 is 0 Å². The summed E-state index contributed by atoms with van der Waals surface area (Å²) in [5.41, 5.74) is 0.989. The first-order valence-corrected chi connectivity index (χ1v) is 4.57. The molecule has 1 aromatic heterocycles. The zero-order valence-electron chi connectivity index (χ0n) is 7.66. The number of ketones is 1. The number of hydrogen-bond acceptors (Lipinski definition) is 3. The molecule has 0 spiro atoms. The summed E-state index contributed by atoms with van der Waals surface area (Å²) in [6.45, 7) is 1.91. The van der Waals surface area contributed by atoms with Gasteiger partial charge in [-0.1, -0.05) is 0 Å². The Labute approximate surface area is 77.2 Å². The van der Waals surface area contributed by atoms with Gasteiger partial charge in [0.25, 0.3) is 0 Å². The second-order valence-electron chi connectivity index (χ2n) is 3.65. The lowest BCUT2D eigenvalue weighted by molar-refractivity contribution is 0.0966. The predicted octanol–water partition coefficient (Wildman–Crippen LogP) is 1.77. The lowest BCUT2D eigenvalue weighted by Gasteiger charge is -1.97. The Morgan fingerprint density at radius 3 is 2.62 bits per heavy atom. The summed E-state index contributed by atoms with van der Waals surface area (Å²) in [6, 6.07) is 0. The van der Waals surface area contributed by atoms with Crippen molar-refractivity contribution in [2.24, 2.45) is 5.92 Å². The van der Waals surface area contributed by atoms with E-state index in [0.29, 0.717) is 18.2 Å². The number of nitrogens with zero attached hydrogens (tertiary/aromatic N) is 2. The largest absolute Gasteiger partial charge is 0.291 e. The Balaban J connectivity index is 2.05. The van der Waals surface area contributed by atoms with E-state index in [2.05, 4.69) is 9.97 Å². The summed E-state index contributed by atoms with van der Waals surface area (Å²) in [5.74, 6) is 1.07. The highest BCUT2D eigenvalue weighted by Crippen LogP contribution is 2.33. The monoisotopic (exact) mass is 176 g/mol. The first kappa shape index (κ1) is 8.35. The Kier molecular flexibility index (Phi) is 2.08. The van der Waals surface area contributed by atoms with Crippen LogP contribution in [0.2, 0.25) is 0 Å². The second kappa shape index (κ2) is 3.24. The molecule has 0 saturated heterocycles. The van der Waals surface area contributed by atoms with Gasteiger partial charge in [-0.3, -0.25) is 4.79 Å². The molecule has 1 saturated carbocycles. The number of aromatic nitrogens is 2. The Morgan fingerprint density at radius 2 is 2.08 bits per heavy atom. The smallest absolute Gasteiger partial charge is 0.200 e. The second-order valence-corrected chi connectivity index (χ2v) is 3.65. The molecule has 0 radical (unpaired) electrons. The van der Waals surface area contributed by atoms with Crippen LogP contribution in [0.1, 0.15) is 35.4 Å². The van der Waals surface area contributed by atoms with Crippen LogP contribution in [-0.4, -0.2) is 15.8 Å². The maximum atomic E-state index is 11.5. The van der Waals surface area contributed by atoms with Gasteiger partial charge in [0.1, 0.15) is 0 Å². The third-order valence-electron chi connectivity index (χ3n) is 2.20. The molecule has 1 fully saturated rings. The van der Waals surface area contributed by atoms with Crippen LogP contribution in [0.15, 0.2) is 12.4 Å². The van der Waals surface area contributed by atoms with Crippen molar-refractivity contribution in [3.63, 3.8) is 0 Å². The van der Waals surface area contributed by atoms with Crippen LogP contribution in [0.4, 0.5) is 0 Å². The van der Waals surface area contributed by atoms with E-state index in [9.17, 15) is 4.79 Å². The average Bonchev–Trinajstić information content (AvgIpc) is 2.89. The Bertz CT molecular complexity index is 314. The number of rotatable bonds is 3. The fourth-order valence-corrected chi connectivity index (χ4v) is 1.21. The summed E-state index contributed by atoms with van der Waals surface area (Å²) < 4.78 is 0. The molecule has 0 aromatic carbocycles. The predicted molar refractivity (Wildman–Crippen MR) is 48.4 cm³/mol. The minimum atomic E-state index is 0.0856. The molecule has 2 rings (SSSR count). The standard InChI is InChI=1S/C10H12N2O/c1-7-5-11-10(12-6-7)9(13)4-8-2-3-8/h5-6,8H,2-4H2,1H3. The maximum Gasteiger partial charge on any atom is 0.200 e. The third kappa shape index (κ3) is 2.11. The molecular weight excluding hydrogens is 164 g/mol. The number of aryl methyl sites for hydroxylation is 1. The van der Waals surface area contributed by atoms with Gasteiger partial charge in [-0.15, -0.1) is 0 Å². The Morgan fingerprint density at radius 1 is 1.46 bits per heavy atom. The van der Waals surface area contributed by atoms with E-state index in [1.165, 1.54) is 12.8 Å². The number of carbonyl (C=O) groups is 1. The van der Waals surface area contributed by atoms with Gasteiger partial charge in [-0.05, 0) is 31.2 Å². The van der Waals surface area contributed by atoms with E-state index >= 15 is 0 Å². The van der Waals surface area contributed by atoms with Gasteiger partial charge in [0, 0.05) is 18.8 Å². The number of carbonyl (C=O) groups excluding carboxylic acids is 1. The lowest BCUT2D eigenvalue weighted by atomic mass is 10.2. The molecule has 0 aliphatic heterocycles. The van der Waals surface area contributed by atoms with Crippen LogP contribution in [0.3, 0.4) is 0 Å². The first-order chi connectivity index (χ1) is 6.25. The van der Waals surface area contributed by atoms with Gasteiger partial charge >= 0.3 is 0 Å². The zero-order chi connectivity index (χ0) is 9.26. The highest BCUT2D eigenvalue weighted by molar-refractivity contribution is 5.92. The first-order valence-electron chi connectivity index (χ1n) is 4.57. The molecular formula is C10H12N2O. The summed E-state index contributed by atoms with van der Waals surface area (Å²) in [7, 11) is 0. The van der Waals surface area contributed by atoms with Gasteiger partial charge in [0.15, 0.2) is 11.6 Å². The van der Waals surface area contributed by atoms with Crippen molar-refractivity contribution >= 4 is 5.78 Å². The maximum absolute atomic E-state index is 11.5. The van der Waals surface area contributed by atoms with Crippen LogP contribution in [0, 0.1) is 12.8 Å². The van der Waals surface area contributed by atoms with Crippen molar-refractivity contribution in [1.82, 2.24) is 9.97 Å². The molecule has 0 atom stereocenters. The average molecular weight is 176 g/mol. The van der Waals surface area contributed by atoms with Crippen LogP contribution < -0.4 is 0 Å². The van der Waals surface area contributed by atoms with Gasteiger partial charge < -0.3 is 0 Å². The van der Waals surface area contributed by atoms with Crippen LogP contribution in [0.5, 0.6) is 0 Å². The van der Waals surface area contributed by atoms with Gasteiger partial charge in [0.2, 0.25) is 0 Å². The Hall–Kier alpha value is -1.25. The van der Waals surface area contributed by atoms with Crippen LogP contribution in [0.25, 0.3) is 0 Å². The van der Waals surface area contributed by atoms with Crippen molar-refractivity contribution in [1.29, 1.82) is 0 Å². The highest BCUT2D eigenvalue weighted by atomic mass is 16.1. The molecule has 3 heteroatoms. The molecule has 1 heterocycles. The number of Topliss-reactive ketones (excluding diaryl/α,β-unsaturated/α-hetero) is 1. The van der Waals surface area contributed by atoms with Gasteiger partial charge in [-0.25, -0.2) is 9.97 Å². The van der Waals surface area contributed by atoms with Gasteiger partial charge in [0.05, 0.1) is 0 Å². The van der Waals surface area contributed by atoms with E-state index in [-0.39, 0.29) is 5.78 Å². The fourth-order valence-electron chi connectivity index (χ4n) is 1.21. The fraction of sp³-hybridized carbons (Fsp3) is 0.500. The lowest BCUT2D eigenvalue weighted by Crippen LogP contribution is -2.05. The molecule has 68 valence electrons. The SMILES string of the molecule is Cc1cnc(C(=O)CC2CC2)nc1. The molecule has 1 aliphatic rings. The minimum Gasteiger partial charge on any atom is -0.291 e. The van der Waals surface area contributed by atoms with E-state index in [0.717, 1.165) is 5.56 Å². The van der Waals surface area contributed by atoms with Crippen molar-refractivity contribution in [3.05, 3.63) is 23.8 Å². The van der Waals surface area contributed by atoms with Crippen LogP contribution in [-0.2, 0) is 0 Å². The normalized spacial score (nSPS) is 15.8. The van der Waals surface area contributed by atoms with Gasteiger partial charge in [-0.2, -0.15) is 0 Å². The van der Waals surface area contributed by atoms with Crippen molar-refractivity contribution in [2.45, 2.75) is 26.2 Å². The van der Waals surface area contributed by atoms with E-state index in [1.807, 2.05) is 6.92 Å². The molecule has 0 amide bonds. The summed E-state index contributed by atoms with van der Waals surface area (Å²) in [4.78, 5) is 19.5. The van der Waals surface area contributed by atoms with Crippen molar-refractivity contribution in [3.8, 4) is 0 Å². The molecule has 0 N–H and O–H groups in total. The molecule has 0 bridgehead atoms. The van der Waals surface area contributed by atoms with Crippen molar-refractivity contribution < 1.29 is 4.79 Å². The quantitative estimate of drug-likeness (QED) is 0.659. The van der Waals surface area contributed by atoms with E-state index in [1.54, 1.807) is 12.4 Å². The molecule has 1 aromatic rings. The van der Waals surface area contributed by atoms with E-state index < -0.39 is 0 Å². The number of hydrogen-bond donors (Lipinski definition) is 0. The summed E-state index contributed by atoms with van der Waals surface area (Å²) in [5, 5.41) is 0. The minimum absolute atomic E-state index is 0.0856. The third-order valence-corrected chi connectivity index (χ3v) is 2.20. The van der Waals surface area contributed by atoms with E-state index in [4.69, 9.17) is 0 Å². The molecule has 0 unspecified atom stereocenters. The zero-order valence-corrected chi connectivity index (χ0v) is 7.66. The topological polar surface area (TPSA) is 42.9 Å². The summed E-state index contributed by atoms with van der Waals surface area (Å²) >= 11 is 0. The molecule has 3 nitrogen and oxygen atoms in total. The molecule has 1 aliphatic carbocycles. The van der Waals surface area contributed by atoms with Crippen molar-refractivity contribution in [2.75, 3.05) is 0 Å². The highest BCUT2D eigenvalue weighted by Gasteiger charge is 2.25. The molecule has 13 heavy (non-hydrogen) atoms. The summed E-state index contributed by atoms with van der Waals surface area (Å²) in [6.07, 6.45) is 6.39.